The van der Waals surface area contributed by atoms with Gasteiger partial charge in [0, 0.05) is 18.3 Å². The van der Waals surface area contributed by atoms with Crippen LogP contribution in [0.3, 0.4) is 0 Å². The van der Waals surface area contributed by atoms with Crippen molar-refractivity contribution in [2.24, 2.45) is 0 Å². The van der Waals surface area contributed by atoms with Gasteiger partial charge < -0.3 is 5.32 Å². The molecule has 2 aromatic rings. The zero-order chi connectivity index (χ0) is 14.7. The molecule has 0 saturated carbocycles. The van der Waals surface area contributed by atoms with Crippen LogP contribution in [0.2, 0.25) is 5.02 Å². The maximum atomic E-state index is 13.1. The SMILES string of the molecule is O=[N+]([O-])c1ccc(F)cc1CNc1ccc(F)c(Cl)c1. The number of halogens is 3. The fourth-order valence-corrected chi connectivity index (χ4v) is 1.86. The monoisotopic (exact) mass is 298 g/mol. The van der Waals surface area contributed by atoms with Gasteiger partial charge in [0.05, 0.1) is 15.5 Å². The second-order valence-electron chi connectivity index (χ2n) is 4.01. The summed E-state index contributed by atoms with van der Waals surface area (Å²) in [5, 5.41) is 13.6. The number of nitro benzene ring substituents is 1. The fraction of sp³-hybridized carbons (Fsp3) is 0.0769. The molecule has 104 valence electrons. The molecule has 4 nitrogen and oxygen atoms in total. The molecule has 0 atom stereocenters. The number of hydrogen-bond donors (Lipinski definition) is 1. The number of rotatable bonds is 4. The van der Waals surface area contributed by atoms with Crippen molar-refractivity contribution in [2.45, 2.75) is 6.54 Å². The molecular weight excluding hydrogens is 290 g/mol. The van der Waals surface area contributed by atoms with Gasteiger partial charge in [-0.25, -0.2) is 8.78 Å². The van der Waals surface area contributed by atoms with Crippen molar-refractivity contribution < 1.29 is 13.7 Å². The van der Waals surface area contributed by atoms with Crippen molar-refractivity contribution in [1.29, 1.82) is 0 Å². The normalized spacial score (nSPS) is 10.3. The Hall–Kier alpha value is -2.21. The van der Waals surface area contributed by atoms with Gasteiger partial charge in [-0.2, -0.15) is 0 Å². The van der Waals surface area contributed by atoms with E-state index in [1.807, 2.05) is 0 Å². The Labute approximate surface area is 118 Å². The molecule has 0 aliphatic carbocycles. The smallest absolute Gasteiger partial charge is 0.274 e. The molecule has 0 unspecified atom stereocenters. The molecule has 0 radical (unpaired) electrons. The molecule has 20 heavy (non-hydrogen) atoms. The maximum absolute atomic E-state index is 13.1. The van der Waals surface area contributed by atoms with Gasteiger partial charge in [-0.15, -0.1) is 0 Å². The Morgan fingerprint density at radius 3 is 2.60 bits per heavy atom. The first-order valence-corrected chi connectivity index (χ1v) is 5.97. The third-order valence-electron chi connectivity index (χ3n) is 2.64. The molecule has 0 aliphatic rings. The lowest BCUT2D eigenvalue weighted by atomic mass is 10.1. The van der Waals surface area contributed by atoms with Gasteiger partial charge >= 0.3 is 0 Å². The van der Waals surface area contributed by atoms with Crippen LogP contribution in [-0.4, -0.2) is 4.92 Å². The summed E-state index contributed by atoms with van der Waals surface area (Å²) >= 11 is 5.62. The quantitative estimate of drug-likeness (QED) is 0.682. The molecule has 0 aromatic heterocycles. The Morgan fingerprint density at radius 1 is 1.20 bits per heavy atom. The largest absolute Gasteiger partial charge is 0.381 e. The number of hydrogen-bond acceptors (Lipinski definition) is 3. The van der Waals surface area contributed by atoms with E-state index in [4.69, 9.17) is 11.6 Å². The summed E-state index contributed by atoms with van der Waals surface area (Å²) in [6.45, 7) is 0.0238. The fourth-order valence-electron chi connectivity index (χ4n) is 1.68. The number of benzene rings is 2. The van der Waals surface area contributed by atoms with Gasteiger partial charge in [0.25, 0.3) is 5.69 Å². The Morgan fingerprint density at radius 2 is 1.95 bits per heavy atom. The van der Waals surface area contributed by atoms with E-state index in [-0.39, 0.29) is 22.8 Å². The van der Waals surface area contributed by atoms with Crippen molar-refractivity contribution in [3.63, 3.8) is 0 Å². The minimum Gasteiger partial charge on any atom is -0.381 e. The van der Waals surface area contributed by atoms with E-state index in [0.29, 0.717) is 5.69 Å². The van der Waals surface area contributed by atoms with Crippen LogP contribution in [0.5, 0.6) is 0 Å². The summed E-state index contributed by atoms with van der Waals surface area (Å²) < 4.78 is 26.1. The number of anilines is 1. The van der Waals surface area contributed by atoms with Gasteiger partial charge in [-0.05, 0) is 30.3 Å². The average molecular weight is 299 g/mol. The molecule has 2 rings (SSSR count). The zero-order valence-electron chi connectivity index (χ0n) is 10.1. The van der Waals surface area contributed by atoms with E-state index in [2.05, 4.69) is 5.32 Å². The van der Waals surface area contributed by atoms with Crippen molar-refractivity contribution in [3.05, 3.63) is 68.7 Å². The van der Waals surface area contributed by atoms with Crippen LogP contribution in [-0.2, 0) is 6.54 Å². The van der Waals surface area contributed by atoms with Crippen LogP contribution >= 0.6 is 11.6 Å². The van der Waals surface area contributed by atoms with Crippen LogP contribution in [0.15, 0.2) is 36.4 Å². The highest BCUT2D eigenvalue weighted by molar-refractivity contribution is 6.31. The molecule has 0 aliphatic heterocycles. The molecule has 1 N–H and O–H groups in total. The number of nitrogens with zero attached hydrogens (tertiary/aromatic N) is 1. The lowest BCUT2D eigenvalue weighted by Gasteiger charge is -2.08. The standard InChI is InChI=1S/C13H9ClF2N2O2/c14-11-6-10(2-3-12(11)16)17-7-8-5-9(15)1-4-13(8)18(19)20/h1-6,17H,7H2. The summed E-state index contributed by atoms with van der Waals surface area (Å²) in [7, 11) is 0. The number of nitro groups is 1. The number of nitrogens with one attached hydrogen (secondary N) is 1. The molecule has 0 fully saturated rings. The van der Waals surface area contributed by atoms with Crippen molar-refractivity contribution in [3.8, 4) is 0 Å². The van der Waals surface area contributed by atoms with Crippen molar-refractivity contribution >= 4 is 23.0 Å². The van der Waals surface area contributed by atoms with Gasteiger partial charge in [-0.1, -0.05) is 11.6 Å². The van der Waals surface area contributed by atoms with Crippen molar-refractivity contribution in [2.75, 3.05) is 5.32 Å². The van der Waals surface area contributed by atoms with E-state index in [1.54, 1.807) is 0 Å². The van der Waals surface area contributed by atoms with Crippen LogP contribution in [0.1, 0.15) is 5.56 Å². The molecule has 0 bridgehead atoms. The maximum Gasteiger partial charge on any atom is 0.274 e. The lowest BCUT2D eigenvalue weighted by molar-refractivity contribution is -0.385. The summed E-state index contributed by atoms with van der Waals surface area (Å²) in [4.78, 5) is 10.2. The highest BCUT2D eigenvalue weighted by Crippen LogP contribution is 2.23. The predicted octanol–water partition coefficient (Wildman–Crippen LogP) is 4.14. The Kier molecular flexibility index (Phi) is 4.14. The van der Waals surface area contributed by atoms with Gasteiger partial charge in [0.15, 0.2) is 0 Å². The molecule has 7 heteroatoms. The van der Waals surface area contributed by atoms with Crippen LogP contribution < -0.4 is 5.32 Å². The molecule has 2 aromatic carbocycles. The highest BCUT2D eigenvalue weighted by atomic mass is 35.5. The Bertz CT molecular complexity index is 665. The van der Waals surface area contributed by atoms with E-state index >= 15 is 0 Å². The summed E-state index contributed by atoms with van der Waals surface area (Å²) in [5.74, 6) is -1.13. The lowest BCUT2D eigenvalue weighted by Crippen LogP contribution is -2.04. The third-order valence-corrected chi connectivity index (χ3v) is 2.93. The van der Waals surface area contributed by atoms with Gasteiger partial charge in [0.1, 0.15) is 11.6 Å². The van der Waals surface area contributed by atoms with E-state index < -0.39 is 16.6 Å². The summed E-state index contributed by atoms with van der Waals surface area (Å²) in [6.07, 6.45) is 0. The summed E-state index contributed by atoms with van der Waals surface area (Å²) in [6, 6.07) is 7.16. The minimum absolute atomic E-state index is 0.0238. The molecular formula is C13H9ClF2N2O2. The zero-order valence-corrected chi connectivity index (χ0v) is 10.8. The predicted molar refractivity (Wildman–Crippen MR) is 71.8 cm³/mol. The summed E-state index contributed by atoms with van der Waals surface area (Å²) in [5.41, 5.74) is 0.484. The average Bonchev–Trinajstić information content (AvgIpc) is 2.40. The first kappa shape index (κ1) is 14.2. The van der Waals surface area contributed by atoms with E-state index in [0.717, 1.165) is 18.2 Å². The van der Waals surface area contributed by atoms with Crippen LogP contribution in [0.25, 0.3) is 0 Å². The topological polar surface area (TPSA) is 55.2 Å². The molecule has 0 saturated heterocycles. The third kappa shape index (κ3) is 3.21. The van der Waals surface area contributed by atoms with Crippen LogP contribution in [0.4, 0.5) is 20.2 Å². The van der Waals surface area contributed by atoms with Gasteiger partial charge in [-0.3, -0.25) is 10.1 Å². The van der Waals surface area contributed by atoms with Gasteiger partial charge in [0.2, 0.25) is 0 Å². The van der Waals surface area contributed by atoms with E-state index in [1.165, 1.54) is 18.2 Å². The second kappa shape index (κ2) is 5.83. The van der Waals surface area contributed by atoms with E-state index in [9.17, 15) is 18.9 Å². The first-order chi connectivity index (χ1) is 9.47. The minimum atomic E-state index is -0.589. The van der Waals surface area contributed by atoms with Crippen LogP contribution in [0, 0.1) is 21.7 Å². The molecule has 0 spiro atoms. The Balaban J connectivity index is 2.20. The van der Waals surface area contributed by atoms with Crippen molar-refractivity contribution in [1.82, 2.24) is 0 Å². The first-order valence-electron chi connectivity index (χ1n) is 5.59. The second-order valence-corrected chi connectivity index (χ2v) is 4.42. The highest BCUT2D eigenvalue weighted by Gasteiger charge is 2.14. The molecule has 0 amide bonds. The molecule has 0 heterocycles.